The molecule has 0 aliphatic carbocycles. The van der Waals surface area contributed by atoms with Crippen molar-refractivity contribution in [3.63, 3.8) is 0 Å². The van der Waals surface area contributed by atoms with Gasteiger partial charge < -0.3 is 4.90 Å². The average molecular weight is 443 g/mol. The average Bonchev–Trinajstić information content (AvgIpc) is 2.87. The minimum atomic E-state index is -3.80. The van der Waals surface area contributed by atoms with Crippen molar-refractivity contribution in [2.45, 2.75) is 74.1 Å². The molecule has 1 aromatic rings. The lowest BCUT2D eigenvalue weighted by atomic mass is 9.87. The molecule has 2 aliphatic rings. The number of carbonyl (C=O) groups excluding carboxylic acids is 1. The van der Waals surface area contributed by atoms with Crippen molar-refractivity contribution in [2.24, 2.45) is 0 Å². The number of hydrogen-bond acceptors (Lipinski definition) is 5. The lowest BCUT2D eigenvalue weighted by molar-refractivity contribution is -0.134. The topological polar surface area (TPSA) is 101 Å². The molecule has 2 saturated heterocycles. The summed E-state index contributed by atoms with van der Waals surface area (Å²) in [5.41, 5.74) is 0.945. The van der Waals surface area contributed by atoms with Crippen LogP contribution in [-0.2, 0) is 30.1 Å². The molecule has 9 heteroatoms. The van der Waals surface area contributed by atoms with Crippen molar-refractivity contribution in [3.05, 3.63) is 29.8 Å². The number of benzene rings is 1. The molecule has 2 unspecified atom stereocenters. The first-order valence-corrected chi connectivity index (χ1v) is 13.3. The number of nitrogens with zero attached hydrogens (tertiary/aromatic N) is 1. The summed E-state index contributed by atoms with van der Waals surface area (Å²) in [6.07, 6.45) is 3.64. The molecule has 1 amide bonds. The van der Waals surface area contributed by atoms with Gasteiger partial charge in [-0.05, 0) is 48.8 Å². The molecule has 7 nitrogen and oxygen atoms in total. The Bertz CT molecular complexity index is 965. The van der Waals surface area contributed by atoms with E-state index in [1.54, 1.807) is 29.2 Å². The summed E-state index contributed by atoms with van der Waals surface area (Å²) in [5.74, 6) is -0.292. The second kappa shape index (κ2) is 7.67. The SMILES string of the molecule is CC(C)(C)c1ccc(S(=O)(=O)NCC(=O)N2C3CCC2CC(S(C)(=O)=O)C3)cc1. The summed E-state index contributed by atoms with van der Waals surface area (Å²) >= 11 is 0. The third kappa shape index (κ3) is 4.83. The Morgan fingerprint density at radius 2 is 1.55 bits per heavy atom. The van der Waals surface area contributed by atoms with E-state index in [1.165, 1.54) is 6.26 Å². The summed E-state index contributed by atoms with van der Waals surface area (Å²) in [5, 5.41) is -0.415. The zero-order chi connectivity index (χ0) is 21.6. The smallest absolute Gasteiger partial charge is 0.241 e. The molecule has 1 aromatic carbocycles. The van der Waals surface area contributed by atoms with Gasteiger partial charge in [0.1, 0.15) is 9.84 Å². The van der Waals surface area contributed by atoms with Gasteiger partial charge in [-0.15, -0.1) is 0 Å². The lowest BCUT2D eigenvalue weighted by Gasteiger charge is -2.38. The van der Waals surface area contributed by atoms with E-state index in [4.69, 9.17) is 0 Å². The fourth-order valence-corrected chi connectivity index (χ4v) is 6.47. The normalized spacial score (nSPS) is 25.2. The van der Waals surface area contributed by atoms with E-state index < -0.39 is 25.1 Å². The summed E-state index contributed by atoms with van der Waals surface area (Å²) in [7, 11) is -6.93. The highest BCUT2D eigenvalue weighted by Gasteiger charge is 2.45. The van der Waals surface area contributed by atoms with Crippen molar-refractivity contribution < 1.29 is 21.6 Å². The second-order valence-electron chi connectivity index (χ2n) is 9.21. The molecular weight excluding hydrogens is 412 g/mol. The van der Waals surface area contributed by atoms with E-state index in [9.17, 15) is 21.6 Å². The molecule has 0 aromatic heterocycles. The summed E-state index contributed by atoms with van der Waals surface area (Å²) in [6.45, 7) is 5.83. The van der Waals surface area contributed by atoms with Crippen LogP contribution in [0.25, 0.3) is 0 Å². The van der Waals surface area contributed by atoms with Gasteiger partial charge in [-0.25, -0.2) is 21.6 Å². The number of hydrogen-bond donors (Lipinski definition) is 1. The standard InChI is InChI=1S/C20H30N2O5S2/c1-20(2,3)14-5-9-17(10-6-14)29(26,27)21-13-19(23)22-15-7-8-16(22)12-18(11-15)28(4,24)25/h5-6,9-10,15-16,18,21H,7-8,11-13H2,1-4H3. The third-order valence-electron chi connectivity index (χ3n) is 6.03. The molecule has 0 saturated carbocycles. The number of sulfone groups is 1. The summed E-state index contributed by atoms with van der Waals surface area (Å²) < 4.78 is 51.3. The molecule has 2 aliphatic heterocycles. The van der Waals surface area contributed by atoms with E-state index in [2.05, 4.69) is 25.5 Å². The van der Waals surface area contributed by atoms with Crippen LogP contribution in [0.15, 0.2) is 29.2 Å². The highest BCUT2D eigenvalue weighted by molar-refractivity contribution is 7.91. The van der Waals surface area contributed by atoms with Gasteiger partial charge in [0.05, 0.1) is 16.7 Å². The first kappa shape index (κ1) is 22.2. The minimum absolute atomic E-state index is 0.0803. The van der Waals surface area contributed by atoms with Crippen LogP contribution in [0.4, 0.5) is 0 Å². The number of nitrogens with one attached hydrogen (secondary N) is 1. The Morgan fingerprint density at radius 3 is 2.00 bits per heavy atom. The molecule has 0 spiro atoms. The molecule has 162 valence electrons. The van der Waals surface area contributed by atoms with E-state index in [0.717, 1.165) is 18.4 Å². The summed E-state index contributed by atoms with van der Waals surface area (Å²) in [6, 6.07) is 6.41. The van der Waals surface area contributed by atoms with Crippen LogP contribution in [0, 0.1) is 0 Å². The molecule has 2 heterocycles. The molecule has 2 atom stereocenters. The maximum absolute atomic E-state index is 12.7. The monoisotopic (exact) mass is 442 g/mol. The van der Waals surface area contributed by atoms with Gasteiger partial charge in [-0.1, -0.05) is 32.9 Å². The first-order valence-electron chi connectivity index (χ1n) is 9.89. The molecule has 2 fully saturated rings. The number of amides is 1. The number of rotatable bonds is 5. The van der Waals surface area contributed by atoms with E-state index in [-0.39, 0.29) is 34.8 Å². The van der Waals surface area contributed by atoms with Crippen molar-refractivity contribution in [3.8, 4) is 0 Å². The van der Waals surface area contributed by atoms with E-state index in [0.29, 0.717) is 12.8 Å². The van der Waals surface area contributed by atoms with Crippen molar-refractivity contribution >= 4 is 25.8 Å². The molecular formula is C20H30N2O5S2. The lowest BCUT2D eigenvalue weighted by Crippen LogP contribution is -2.52. The van der Waals surface area contributed by atoms with Crippen molar-refractivity contribution in [2.75, 3.05) is 12.8 Å². The van der Waals surface area contributed by atoms with Gasteiger partial charge in [0.15, 0.2) is 0 Å². The van der Waals surface area contributed by atoms with Crippen LogP contribution in [0.2, 0.25) is 0 Å². The van der Waals surface area contributed by atoms with Crippen LogP contribution in [0.1, 0.15) is 52.0 Å². The largest absolute Gasteiger partial charge is 0.336 e. The van der Waals surface area contributed by atoms with E-state index in [1.807, 2.05) is 0 Å². The molecule has 29 heavy (non-hydrogen) atoms. The molecule has 3 rings (SSSR count). The maximum Gasteiger partial charge on any atom is 0.241 e. The zero-order valence-corrected chi connectivity index (χ0v) is 19.0. The van der Waals surface area contributed by atoms with Crippen LogP contribution in [0.3, 0.4) is 0 Å². The quantitative estimate of drug-likeness (QED) is 0.750. The van der Waals surface area contributed by atoms with Crippen LogP contribution in [-0.4, -0.2) is 57.8 Å². The highest BCUT2D eigenvalue weighted by Crippen LogP contribution is 2.38. The van der Waals surface area contributed by atoms with Crippen LogP contribution >= 0.6 is 0 Å². The van der Waals surface area contributed by atoms with Crippen LogP contribution in [0.5, 0.6) is 0 Å². The Balaban J connectivity index is 1.65. The van der Waals surface area contributed by atoms with Gasteiger partial charge in [-0.2, -0.15) is 0 Å². The van der Waals surface area contributed by atoms with Gasteiger partial charge in [0.2, 0.25) is 15.9 Å². The Morgan fingerprint density at radius 1 is 1.03 bits per heavy atom. The van der Waals surface area contributed by atoms with Crippen molar-refractivity contribution in [1.29, 1.82) is 0 Å². The Hall–Kier alpha value is -1.45. The Labute approximate surface area is 173 Å². The Kier molecular flexibility index (Phi) is 5.88. The minimum Gasteiger partial charge on any atom is -0.336 e. The fourth-order valence-electron chi connectivity index (χ4n) is 4.35. The number of fused-ring (bicyclic) bond motifs is 2. The number of carbonyl (C=O) groups is 1. The fraction of sp³-hybridized carbons (Fsp3) is 0.650. The molecule has 2 bridgehead atoms. The van der Waals surface area contributed by atoms with Gasteiger partial charge in [0.25, 0.3) is 0 Å². The number of sulfonamides is 1. The number of piperidine rings is 1. The first-order chi connectivity index (χ1) is 13.3. The molecule has 0 radical (unpaired) electrons. The van der Waals surface area contributed by atoms with E-state index >= 15 is 0 Å². The predicted molar refractivity (Wildman–Crippen MR) is 112 cm³/mol. The molecule has 1 N–H and O–H groups in total. The second-order valence-corrected chi connectivity index (χ2v) is 13.3. The maximum atomic E-state index is 12.7. The zero-order valence-electron chi connectivity index (χ0n) is 17.4. The predicted octanol–water partition coefficient (Wildman–Crippen LogP) is 1.83. The van der Waals surface area contributed by atoms with Crippen LogP contribution < -0.4 is 4.72 Å². The highest BCUT2D eigenvalue weighted by atomic mass is 32.2. The van der Waals surface area contributed by atoms with Gasteiger partial charge in [-0.3, -0.25) is 4.79 Å². The summed E-state index contributed by atoms with van der Waals surface area (Å²) in [4.78, 5) is 14.6. The third-order valence-corrected chi connectivity index (χ3v) is 9.04. The van der Waals surface area contributed by atoms with Crippen molar-refractivity contribution in [1.82, 2.24) is 9.62 Å². The van der Waals surface area contributed by atoms with Gasteiger partial charge >= 0.3 is 0 Å². The van der Waals surface area contributed by atoms with Gasteiger partial charge in [0, 0.05) is 18.3 Å².